The summed E-state index contributed by atoms with van der Waals surface area (Å²) in [5.74, 6) is -0.584. The Balaban J connectivity index is 1.76. The largest absolute Gasteiger partial charge is 0.468 e. The normalized spacial score (nSPS) is 17.1. The molecule has 1 aliphatic heterocycles. The first kappa shape index (κ1) is 22.6. The lowest BCUT2D eigenvalue weighted by molar-refractivity contribution is -0.142. The van der Waals surface area contributed by atoms with Gasteiger partial charge in [0.05, 0.1) is 7.11 Å². The maximum absolute atomic E-state index is 12.3. The lowest BCUT2D eigenvalue weighted by atomic mass is 9.94. The smallest absolute Gasteiger partial charge is 0.323 e. The van der Waals surface area contributed by atoms with E-state index in [2.05, 4.69) is 14.8 Å². The summed E-state index contributed by atoms with van der Waals surface area (Å²) in [7, 11) is -2.56. The Morgan fingerprint density at radius 1 is 1.25 bits per heavy atom. The maximum atomic E-state index is 12.3. The van der Waals surface area contributed by atoms with Crippen molar-refractivity contribution >= 4 is 33.7 Å². The van der Waals surface area contributed by atoms with Gasteiger partial charge in [-0.05, 0) is 43.4 Å². The van der Waals surface area contributed by atoms with Crippen molar-refractivity contribution in [3.63, 3.8) is 0 Å². The molecule has 2 rings (SSSR count). The number of nitrogens with one attached hydrogen (secondary N) is 2. The molecular formula is C18H26ClN3O5S. The lowest BCUT2D eigenvalue weighted by Gasteiger charge is -2.31. The summed E-state index contributed by atoms with van der Waals surface area (Å²) >= 11 is 5.84. The van der Waals surface area contributed by atoms with Gasteiger partial charge in [-0.1, -0.05) is 23.7 Å². The minimum absolute atomic E-state index is 0.0614. The van der Waals surface area contributed by atoms with Crippen LogP contribution >= 0.6 is 11.6 Å². The number of hydrogen-bond acceptors (Lipinski definition) is 5. The Bertz CT molecular complexity index is 777. The van der Waals surface area contributed by atoms with Crippen molar-refractivity contribution < 1.29 is 22.7 Å². The monoisotopic (exact) mass is 431 g/mol. The van der Waals surface area contributed by atoms with E-state index < -0.39 is 22.2 Å². The van der Waals surface area contributed by atoms with Gasteiger partial charge in [0.1, 0.15) is 6.04 Å². The third-order valence-electron chi connectivity index (χ3n) is 4.67. The number of carbonyl (C=O) groups excluding carboxylic acids is 2. The molecule has 0 aliphatic carbocycles. The number of halogens is 1. The van der Waals surface area contributed by atoms with Crippen LogP contribution < -0.4 is 10.0 Å². The Morgan fingerprint density at radius 3 is 2.43 bits per heavy atom. The molecule has 1 atom stereocenters. The molecule has 1 fully saturated rings. The van der Waals surface area contributed by atoms with Crippen LogP contribution in [0.3, 0.4) is 0 Å². The second kappa shape index (κ2) is 10.2. The third kappa shape index (κ3) is 6.73. The van der Waals surface area contributed by atoms with Gasteiger partial charge in [-0.2, -0.15) is 17.4 Å². The Kier molecular flexibility index (Phi) is 8.23. The highest BCUT2D eigenvalue weighted by Gasteiger charge is 2.31. The molecule has 1 aliphatic rings. The zero-order chi connectivity index (χ0) is 20.7. The minimum Gasteiger partial charge on any atom is -0.468 e. The molecule has 1 unspecified atom stereocenters. The quantitative estimate of drug-likeness (QED) is 0.606. The number of piperidine rings is 1. The molecule has 8 nitrogen and oxygen atoms in total. The van der Waals surface area contributed by atoms with E-state index in [-0.39, 0.29) is 11.8 Å². The highest BCUT2D eigenvalue weighted by molar-refractivity contribution is 7.87. The van der Waals surface area contributed by atoms with Gasteiger partial charge in [0.15, 0.2) is 0 Å². The van der Waals surface area contributed by atoms with Gasteiger partial charge in [-0.25, -0.2) is 0 Å². The summed E-state index contributed by atoms with van der Waals surface area (Å²) in [4.78, 5) is 23.6. The van der Waals surface area contributed by atoms with Crippen LogP contribution in [-0.2, 0) is 31.1 Å². The molecule has 1 saturated heterocycles. The second-order valence-electron chi connectivity index (χ2n) is 6.82. The molecule has 28 heavy (non-hydrogen) atoms. The summed E-state index contributed by atoms with van der Waals surface area (Å²) in [5, 5.41) is 3.52. The average molecular weight is 432 g/mol. The summed E-state index contributed by atoms with van der Waals surface area (Å²) in [5.41, 5.74) is 0.962. The Labute approximate surface area is 170 Å². The van der Waals surface area contributed by atoms with E-state index >= 15 is 0 Å². The highest BCUT2D eigenvalue weighted by Crippen LogP contribution is 2.22. The molecule has 0 spiro atoms. The number of methoxy groups -OCH3 is 1. The summed E-state index contributed by atoms with van der Waals surface area (Å²) < 4.78 is 32.8. The van der Waals surface area contributed by atoms with E-state index in [1.54, 1.807) is 12.1 Å². The molecule has 1 amide bonds. The SMILES string of the molecule is COC(=O)C(C)NS(=O)(=O)N1CCC(CC(=O)NCc2ccc(Cl)cc2)CC1. The lowest BCUT2D eigenvalue weighted by Crippen LogP contribution is -2.50. The van der Waals surface area contributed by atoms with E-state index in [9.17, 15) is 18.0 Å². The topological polar surface area (TPSA) is 105 Å². The standard InChI is InChI=1S/C18H26ClN3O5S/c1-13(18(24)27-2)21-28(25,26)22-9-7-14(8-10-22)11-17(23)20-12-15-3-5-16(19)6-4-15/h3-6,13-14,21H,7-12H2,1-2H3,(H,20,23). The number of hydrogen-bond donors (Lipinski definition) is 2. The number of carbonyl (C=O) groups is 2. The van der Waals surface area contributed by atoms with Crippen molar-refractivity contribution in [3.8, 4) is 0 Å². The van der Waals surface area contributed by atoms with E-state index in [4.69, 9.17) is 11.6 Å². The predicted octanol–water partition coefficient (Wildman–Crippen LogP) is 1.45. The number of benzene rings is 1. The van der Waals surface area contributed by atoms with Crippen molar-refractivity contribution in [2.24, 2.45) is 5.92 Å². The molecule has 0 radical (unpaired) electrons. The van der Waals surface area contributed by atoms with Gasteiger partial charge in [0.25, 0.3) is 10.2 Å². The second-order valence-corrected chi connectivity index (χ2v) is 8.96. The molecule has 2 N–H and O–H groups in total. The first-order valence-corrected chi connectivity index (χ1v) is 10.9. The molecule has 10 heteroatoms. The van der Waals surface area contributed by atoms with Crippen LogP contribution in [0.25, 0.3) is 0 Å². The van der Waals surface area contributed by atoms with Crippen molar-refractivity contribution in [3.05, 3.63) is 34.9 Å². The van der Waals surface area contributed by atoms with Crippen LogP contribution in [0.4, 0.5) is 0 Å². The number of nitrogens with zero attached hydrogens (tertiary/aromatic N) is 1. The van der Waals surface area contributed by atoms with Gasteiger partial charge < -0.3 is 10.1 Å². The Hall–Kier alpha value is -1.68. The third-order valence-corrected chi connectivity index (χ3v) is 6.62. The van der Waals surface area contributed by atoms with E-state index in [1.165, 1.54) is 18.3 Å². The van der Waals surface area contributed by atoms with E-state index in [1.807, 2.05) is 12.1 Å². The summed E-state index contributed by atoms with van der Waals surface area (Å²) in [6, 6.07) is 6.30. The molecule has 0 saturated carbocycles. The molecule has 156 valence electrons. The fourth-order valence-corrected chi connectivity index (χ4v) is 4.52. The number of rotatable bonds is 8. The van der Waals surface area contributed by atoms with E-state index in [0.717, 1.165) is 5.56 Å². The Morgan fingerprint density at radius 2 is 1.86 bits per heavy atom. The van der Waals surface area contributed by atoms with Crippen LogP contribution in [0.15, 0.2) is 24.3 Å². The van der Waals surface area contributed by atoms with Crippen molar-refractivity contribution in [1.29, 1.82) is 0 Å². The van der Waals surface area contributed by atoms with Crippen LogP contribution in [0.1, 0.15) is 31.7 Å². The fourth-order valence-electron chi connectivity index (χ4n) is 3.01. The number of amides is 1. The zero-order valence-corrected chi connectivity index (χ0v) is 17.6. The average Bonchev–Trinajstić information content (AvgIpc) is 2.67. The molecular weight excluding hydrogens is 406 g/mol. The zero-order valence-electron chi connectivity index (χ0n) is 16.0. The number of ether oxygens (including phenoxy) is 1. The molecule has 1 heterocycles. The first-order valence-electron chi connectivity index (χ1n) is 9.07. The first-order chi connectivity index (χ1) is 13.2. The summed E-state index contributed by atoms with van der Waals surface area (Å²) in [6.45, 7) is 2.47. The van der Waals surface area contributed by atoms with Crippen molar-refractivity contribution in [1.82, 2.24) is 14.3 Å². The molecule has 1 aromatic rings. The summed E-state index contributed by atoms with van der Waals surface area (Å²) in [6.07, 6.45) is 1.53. The molecule has 1 aromatic carbocycles. The highest BCUT2D eigenvalue weighted by atomic mass is 35.5. The molecule has 0 aromatic heterocycles. The maximum Gasteiger partial charge on any atom is 0.323 e. The molecule has 0 bridgehead atoms. The van der Waals surface area contributed by atoms with Crippen molar-refractivity contribution in [2.45, 2.75) is 38.8 Å². The van der Waals surface area contributed by atoms with Crippen LogP contribution in [0.5, 0.6) is 0 Å². The van der Waals surface area contributed by atoms with Gasteiger partial charge >= 0.3 is 5.97 Å². The van der Waals surface area contributed by atoms with Crippen LogP contribution in [0, 0.1) is 5.92 Å². The number of esters is 1. The van der Waals surface area contributed by atoms with Gasteiger partial charge in [-0.15, -0.1) is 0 Å². The van der Waals surface area contributed by atoms with Gasteiger partial charge in [0, 0.05) is 31.1 Å². The van der Waals surface area contributed by atoms with E-state index in [0.29, 0.717) is 43.9 Å². The predicted molar refractivity (Wildman–Crippen MR) is 106 cm³/mol. The van der Waals surface area contributed by atoms with Crippen molar-refractivity contribution in [2.75, 3.05) is 20.2 Å². The van der Waals surface area contributed by atoms with Crippen LogP contribution in [-0.4, -0.2) is 50.8 Å². The van der Waals surface area contributed by atoms with Gasteiger partial charge in [-0.3, -0.25) is 9.59 Å². The van der Waals surface area contributed by atoms with Crippen LogP contribution in [0.2, 0.25) is 5.02 Å². The minimum atomic E-state index is -3.77. The fraction of sp³-hybridized carbons (Fsp3) is 0.556. The van der Waals surface area contributed by atoms with Gasteiger partial charge in [0.2, 0.25) is 5.91 Å².